The number of halogens is 3. The number of aromatic nitrogens is 1. The molecule has 3 aromatic carbocycles. The number of hydrogen-bond donors (Lipinski definition) is 1. The van der Waals surface area contributed by atoms with Crippen LogP contribution in [0, 0.1) is 0 Å². The van der Waals surface area contributed by atoms with E-state index in [4.69, 9.17) is 20.8 Å². The molecule has 156 valence electrons. The van der Waals surface area contributed by atoms with Crippen molar-refractivity contribution in [2.24, 2.45) is 0 Å². The Balaban J connectivity index is 1.47. The predicted molar refractivity (Wildman–Crippen MR) is 131 cm³/mol. The summed E-state index contributed by atoms with van der Waals surface area (Å²) in [5.74, 6) is 0.876. The first kappa shape index (κ1) is 21.6. The molecule has 0 aliphatic heterocycles. The Morgan fingerprint density at radius 1 is 1.13 bits per heavy atom. The van der Waals surface area contributed by atoms with Crippen molar-refractivity contribution >= 4 is 72.2 Å². The molecule has 0 fully saturated rings. The maximum Gasteiger partial charge on any atom is 0.248 e. The number of rotatable bonds is 5. The van der Waals surface area contributed by atoms with Gasteiger partial charge in [0, 0.05) is 32.4 Å². The molecule has 0 unspecified atom stereocenters. The number of carbonyl (C=O) groups excluding carboxylic acids is 1. The third-order valence-corrected chi connectivity index (χ3v) is 5.69. The highest BCUT2D eigenvalue weighted by Gasteiger charge is 2.10. The zero-order valence-corrected chi connectivity index (χ0v) is 20.1. The number of nitrogens with zero attached hydrogens (tertiary/aromatic N) is 1. The molecule has 5 nitrogen and oxygen atoms in total. The van der Waals surface area contributed by atoms with Gasteiger partial charge in [0.15, 0.2) is 5.58 Å². The number of benzene rings is 3. The molecule has 0 aliphatic carbocycles. The predicted octanol–water partition coefficient (Wildman–Crippen LogP) is 7.33. The van der Waals surface area contributed by atoms with Crippen molar-refractivity contribution in [1.82, 2.24) is 4.98 Å². The molecule has 4 rings (SSSR count). The third-order valence-electron chi connectivity index (χ3n) is 4.40. The van der Waals surface area contributed by atoms with E-state index in [9.17, 15) is 4.79 Å². The highest BCUT2D eigenvalue weighted by atomic mass is 79.9. The molecule has 0 radical (unpaired) electrons. The third kappa shape index (κ3) is 5.01. The SMILES string of the molecule is COc1c(Br)cc(Br)cc1/C=C/C(=O)Nc1ccc(-c2nc3cc(Cl)ccc3o2)cc1. The van der Waals surface area contributed by atoms with Gasteiger partial charge in [0.1, 0.15) is 11.3 Å². The lowest BCUT2D eigenvalue weighted by molar-refractivity contribution is -0.111. The van der Waals surface area contributed by atoms with Gasteiger partial charge in [-0.25, -0.2) is 4.98 Å². The Bertz CT molecular complexity index is 1300. The van der Waals surface area contributed by atoms with E-state index in [0.29, 0.717) is 33.4 Å². The van der Waals surface area contributed by atoms with Gasteiger partial charge in [-0.1, -0.05) is 27.5 Å². The second-order valence-corrected chi connectivity index (χ2v) is 8.75. The number of nitrogens with one attached hydrogen (secondary N) is 1. The largest absolute Gasteiger partial charge is 0.495 e. The van der Waals surface area contributed by atoms with E-state index >= 15 is 0 Å². The molecule has 1 aromatic heterocycles. The Morgan fingerprint density at radius 3 is 2.65 bits per heavy atom. The summed E-state index contributed by atoms with van der Waals surface area (Å²) in [6, 6.07) is 16.3. The van der Waals surface area contributed by atoms with Crippen LogP contribution in [0.15, 0.2) is 74.0 Å². The second-order valence-electron chi connectivity index (χ2n) is 6.54. The number of ether oxygens (including phenoxy) is 1. The summed E-state index contributed by atoms with van der Waals surface area (Å²) in [5, 5.41) is 3.44. The van der Waals surface area contributed by atoms with E-state index in [1.165, 1.54) is 6.08 Å². The molecule has 0 atom stereocenters. The lowest BCUT2D eigenvalue weighted by atomic mass is 10.2. The van der Waals surface area contributed by atoms with Gasteiger partial charge in [0.2, 0.25) is 11.8 Å². The van der Waals surface area contributed by atoms with Crippen LogP contribution in [0.4, 0.5) is 5.69 Å². The average Bonchev–Trinajstić information content (AvgIpc) is 3.15. The van der Waals surface area contributed by atoms with Crippen LogP contribution < -0.4 is 10.1 Å². The molecule has 1 heterocycles. The van der Waals surface area contributed by atoms with Gasteiger partial charge in [0.05, 0.1) is 11.6 Å². The summed E-state index contributed by atoms with van der Waals surface area (Å²) >= 11 is 12.9. The van der Waals surface area contributed by atoms with E-state index in [2.05, 4.69) is 42.2 Å². The maximum atomic E-state index is 12.4. The van der Waals surface area contributed by atoms with Gasteiger partial charge in [-0.3, -0.25) is 4.79 Å². The van der Waals surface area contributed by atoms with Crippen molar-refractivity contribution < 1.29 is 13.9 Å². The fourth-order valence-corrected chi connectivity index (χ4v) is 4.58. The first-order chi connectivity index (χ1) is 14.9. The van der Waals surface area contributed by atoms with Crippen LogP contribution in [0.25, 0.3) is 28.6 Å². The number of amides is 1. The molecule has 4 aromatic rings. The summed E-state index contributed by atoms with van der Waals surface area (Å²) in [4.78, 5) is 16.8. The van der Waals surface area contributed by atoms with Crippen LogP contribution in [0.3, 0.4) is 0 Å². The van der Waals surface area contributed by atoms with Crippen molar-refractivity contribution in [1.29, 1.82) is 0 Å². The molecule has 1 amide bonds. The number of carbonyl (C=O) groups is 1. The van der Waals surface area contributed by atoms with Gasteiger partial charge in [0.25, 0.3) is 0 Å². The fraction of sp³-hybridized carbons (Fsp3) is 0.0435. The molecule has 8 heteroatoms. The highest BCUT2D eigenvalue weighted by molar-refractivity contribution is 9.11. The Morgan fingerprint density at radius 2 is 1.90 bits per heavy atom. The molecule has 31 heavy (non-hydrogen) atoms. The number of methoxy groups -OCH3 is 1. The van der Waals surface area contributed by atoms with Crippen LogP contribution >= 0.6 is 43.5 Å². The normalized spacial score (nSPS) is 11.2. The van der Waals surface area contributed by atoms with Gasteiger partial charge in [-0.05, 0) is 76.6 Å². The molecular formula is C23H15Br2ClN2O3. The summed E-state index contributed by atoms with van der Waals surface area (Å²) in [7, 11) is 1.58. The minimum atomic E-state index is -0.262. The van der Waals surface area contributed by atoms with E-state index in [1.807, 2.05) is 24.3 Å². The topological polar surface area (TPSA) is 64.4 Å². The van der Waals surface area contributed by atoms with Crippen LogP contribution in [0.1, 0.15) is 5.56 Å². The lowest BCUT2D eigenvalue weighted by Crippen LogP contribution is -2.07. The van der Waals surface area contributed by atoms with E-state index < -0.39 is 0 Å². The lowest BCUT2D eigenvalue weighted by Gasteiger charge is -2.08. The molecule has 0 spiro atoms. The number of fused-ring (bicyclic) bond motifs is 1. The molecule has 1 N–H and O–H groups in total. The Hall–Kier alpha value is -2.61. The highest BCUT2D eigenvalue weighted by Crippen LogP contribution is 2.33. The molecular weight excluding hydrogens is 548 g/mol. The first-order valence-corrected chi connectivity index (χ1v) is 11.1. The molecule has 0 bridgehead atoms. The second kappa shape index (κ2) is 9.26. The monoisotopic (exact) mass is 560 g/mol. The smallest absolute Gasteiger partial charge is 0.248 e. The zero-order chi connectivity index (χ0) is 22.0. The first-order valence-electron chi connectivity index (χ1n) is 9.11. The van der Waals surface area contributed by atoms with Gasteiger partial charge >= 0.3 is 0 Å². The van der Waals surface area contributed by atoms with Crippen molar-refractivity contribution in [3.8, 4) is 17.2 Å². The number of anilines is 1. The van der Waals surface area contributed by atoms with Crippen molar-refractivity contribution in [3.05, 3.63) is 80.2 Å². The Labute approximate surface area is 200 Å². The van der Waals surface area contributed by atoms with Crippen LogP contribution in [-0.2, 0) is 4.79 Å². The quantitative estimate of drug-likeness (QED) is 0.259. The van der Waals surface area contributed by atoms with Crippen LogP contribution in [-0.4, -0.2) is 18.0 Å². The molecule has 0 aliphatic rings. The van der Waals surface area contributed by atoms with Gasteiger partial charge in [-0.2, -0.15) is 0 Å². The fourth-order valence-electron chi connectivity index (χ4n) is 2.99. The van der Waals surface area contributed by atoms with Gasteiger partial charge < -0.3 is 14.5 Å². The Kier molecular flexibility index (Phi) is 6.46. The zero-order valence-electron chi connectivity index (χ0n) is 16.2. The van der Waals surface area contributed by atoms with Gasteiger partial charge in [-0.15, -0.1) is 0 Å². The van der Waals surface area contributed by atoms with Crippen molar-refractivity contribution in [2.45, 2.75) is 0 Å². The van der Waals surface area contributed by atoms with Crippen molar-refractivity contribution in [3.63, 3.8) is 0 Å². The standard InChI is InChI=1S/C23H15Br2ClN2O3/c1-30-22-14(10-15(24)11-18(22)25)4-9-21(29)27-17-6-2-13(3-7-17)23-28-19-12-16(26)5-8-20(19)31-23/h2-12H,1H3,(H,27,29)/b9-4+. The average molecular weight is 563 g/mol. The maximum absolute atomic E-state index is 12.4. The van der Waals surface area contributed by atoms with E-state index in [0.717, 1.165) is 20.1 Å². The van der Waals surface area contributed by atoms with Crippen LogP contribution in [0.5, 0.6) is 5.75 Å². The minimum absolute atomic E-state index is 0.262. The summed E-state index contributed by atoms with van der Waals surface area (Å²) in [6.45, 7) is 0. The van der Waals surface area contributed by atoms with E-state index in [-0.39, 0.29) is 5.91 Å². The van der Waals surface area contributed by atoms with E-state index in [1.54, 1.807) is 43.5 Å². The molecule has 0 saturated heterocycles. The minimum Gasteiger partial charge on any atom is -0.495 e. The van der Waals surface area contributed by atoms with Crippen LogP contribution in [0.2, 0.25) is 5.02 Å². The van der Waals surface area contributed by atoms with Crippen molar-refractivity contribution in [2.75, 3.05) is 12.4 Å². The summed E-state index contributed by atoms with van der Waals surface area (Å²) < 4.78 is 12.8. The molecule has 0 saturated carbocycles. The number of hydrogen-bond acceptors (Lipinski definition) is 4. The summed E-state index contributed by atoms with van der Waals surface area (Å²) in [5.41, 5.74) is 3.58. The number of oxazole rings is 1. The summed E-state index contributed by atoms with van der Waals surface area (Å²) in [6.07, 6.45) is 3.15.